The van der Waals surface area contributed by atoms with E-state index >= 15 is 0 Å². The maximum Gasteiger partial charge on any atom is 1.00 e. The van der Waals surface area contributed by atoms with Crippen LogP contribution in [0.25, 0.3) is 0 Å². The first-order chi connectivity index (χ1) is 7.83. The van der Waals surface area contributed by atoms with Gasteiger partial charge in [-0.2, -0.15) is 17.6 Å². The molecule has 0 spiro atoms. The molecular formula is C8H9F4LiO5S. The second-order valence-electron chi connectivity index (χ2n) is 3.34. The molecule has 0 radical (unpaired) electrons. The summed E-state index contributed by atoms with van der Waals surface area (Å²) in [6.07, 6.45) is -1.81. The zero-order valence-electron chi connectivity index (χ0n) is 10.1. The van der Waals surface area contributed by atoms with Crippen LogP contribution in [0.15, 0.2) is 12.2 Å². The average molecular weight is 300 g/mol. The Bertz CT molecular complexity index is 448. The van der Waals surface area contributed by atoms with E-state index in [2.05, 4.69) is 11.3 Å². The third-order valence-electron chi connectivity index (χ3n) is 1.74. The zero-order valence-corrected chi connectivity index (χ0v) is 10.9. The van der Waals surface area contributed by atoms with E-state index in [4.69, 9.17) is 0 Å². The SMILES string of the molecule is C=C(C)C(=O)OCCC(F)(F)C(F)(F)S(=O)(=O)[O-].[Li+]. The fourth-order valence-electron chi connectivity index (χ4n) is 0.724. The molecule has 0 aliphatic rings. The molecule has 0 aliphatic carbocycles. The number of carbonyl (C=O) groups excluding carboxylic acids is 1. The van der Waals surface area contributed by atoms with Crippen molar-refractivity contribution in [3.05, 3.63) is 12.2 Å². The van der Waals surface area contributed by atoms with Gasteiger partial charge in [-0.15, -0.1) is 0 Å². The molecule has 11 heteroatoms. The number of alkyl halides is 4. The van der Waals surface area contributed by atoms with Gasteiger partial charge in [0.25, 0.3) is 0 Å². The molecule has 0 aromatic heterocycles. The molecule has 0 saturated carbocycles. The summed E-state index contributed by atoms with van der Waals surface area (Å²) >= 11 is 0. The van der Waals surface area contributed by atoms with E-state index in [9.17, 15) is 35.3 Å². The Labute approximate surface area is 118 Å². The third-order valence-corrected chi connectivity index (χ3v) is 2.66. The van der Waals surface area contributed by atoms with Crippen molar-refractivity contribution in [1.29, 1.82) is 0 Å². The first-order valence-electron chi connectivity index (χ1n) is 4.36. The number of ether oxygens (including phenoxy) is 1. The van der Waals surface area contributed by atoms with E-state index < -0.39 is 40.3 Å². The van der Waals surface area contributed by atoms with Crippen LogP contribution in [0.3, 0.4) is 0 Å². The molecule has 0 saturated heterocycles. The van der Waals surface area contributed by atoms with Gasteiger partial charge in [0, 0.05) is 5.57 Å². The normalized spacial score (nSPS) is 12.5. The van der Waals surface area contributed by atoms with Crippen LogP contribution in [-0.4, -0.2) is 36.7 Å². The molecule has 0 atom stereocenters. The summed E-state index contributed by atoms with van der Waals surface area (Å²) in [6.45, 7) is 3.12. The van der Waals surface area contributed by atoms with Gasteiger partial charge in [-0.05, 0) is 6.92 Å². The van der Waals surface area contributed by atoms with E-state index in [1.807, 2.05) is 0 Å². The van der Waals surface area contributed by atoms with E-state index in [0.717, 1.165) is 0 Å². The van der Waals surface area contributed by atoms with Crippen molar-refractivity contribution in [2.45, 2.75) is 24.5 Å². The summed E-state index contributed by atoms with van der Waals surface area (Å²) in [4.78, 5) is 10.7. The van der Waals surface area contributed by atoms with E-state index in [-0.39, 0.29) is 24.4 Å². The number of carbonyl (C=O) groups is 1. The summed E-state index contributed by atoms with van der Waals surface area (Å²) in [5, 5.41) is -5.77. The quantitative estimate of drug-likeness (QED) is 0.191. The van der Waals surface area contributed by atoms with Crippen molar-refractivity contribution in [2.24, 2.45) is 0 Å². The summed E-state index contributed by atoms with van der Waals surface area (Å²) < 4.78 is 84.9. The van der Waals surface area contributed by atoms with Gasteiger partial charge in [0.05, 0.1) is 13.0 Å². The fourth-order valence-corrected chi connectivity index (χ4v) is 1.19. The molecule has 0 fully saturated rings. The van der Waals surface area contributed by atoms with Gasteiger partial charge in [0.1, 0.15) is 0 Å². The van der Waals surface area contributed by atoms with Gasteiger partial charge in [0.15, 0.2) is 10.1 Å². The number of halogens is 4. The fraction of sp³-hybridized carbons (Fsp3) is 0.625. The second kappa shape index (κ2) is 6.74. The van der Waals surface area contributed by atoms with Gasteiger partial charge in [-0.25, -0.2) is 13.2 Å². The first-order valence-corrected chi connectivity index (χ1v) is 5.77. The summed E-state index contributed by atoms with van der Waals surface area (Å²) in [5.74, 6) is -6.23. The molecule has 0 unspecified atom stereocenters. The summed E-state index contributed by atoms with van der Waals surface area (Å²) in [6, 6.07) is 0. The van der Waals surface area contributed by atoms with Gasteiger partial charge < -0.3 is 9.29 Å². The van der Waals surface area contributed by atoms with Crippen molar-refractivity contribution in [3.63, 3.8) is 0 Å². The van der Waals surface area contributed by atoms with E-state index in [1.165, 1.54) is 6.92 Å². The third kappa shape index (κ3) is 5.14. The minimum atomic E-state index is -6.52. The topological polar surface area (TPSA) is 83.5 Å². The molecule has 0 bridgehead atoms. The van der Waals surface area contributed by atoms with Crippen LogP contribution < -0.4 is 18.9 Å². The van der Waals surface area contributed by atoms with Crippen molar-refractivity contribution >= 4 is 16.1 Å². The molecule has 0 aromatic carbocycles. The Balaban J connectivity index is 0. The predicted octanol–water partition coefficient (Wildman–Crippen LogP) is -1.73. The Morgan fingerprint density at radius 2 is 1.74 bits per heavy atom. The molecule has 0 aromatic rings. The van der Waals surface area contributed by atoms with Crippen molar-refractivity contribution in [2.75, 3.05) is 6.61 Å². The minimum Gasteiger partial charge on any atom is -0.743 e. The number of rotatable bonds is 6. The molecule has 0 aliphatic heterocycles. The van der Waals surface area contributed by atoms with Crippen LogP contribution in [0.5, 0.6) is 0 Å². The standard InChI is InChI=1S/C8H10F4O5S.Li/c1-5(2)6(13)17-4-3-7(9,10)8(11,12)18(14,15)16;/h1,3-4H2,2H3,(H,14,15,16);/q;+1/p-1. The monoisotopic (exact) mass is 300 g/mol. The van der Waals surface area contributed by atoms with Crippen LogP contribution in [0, 0.1) is 0 Å². The van der Waals surface area contributed by atoms with Gasteiger partial charge >= 0.3 is 36.0 Å². The van der Waals surface area contributed by atoms with Gasteiger partial charge in [-0.3, -0.25) is 0 Å². The van der Waals surface area contributed by atoms with Crippen LogP contribution in [0.4, 0.5) is 17.6 Å². The first kappa shape index (κ1) is 20.7. The number of esters is 1. The molecule has 0 N–H and O–H groups in total. The maximum absolute atomic E-state index is 12.8. The molecule has 0 rings (SSSR count). The average Bonchev–Trinajstić information content (AvgIpc) is 2.14. The van der Waals surface area contributed by atoms with Crippen LogP contribution >= 0.6 is 0 Å². The van der Waals surface area contributed by atoms with Gasteiger partial charge in [-0.1, -0.05) is 6.58 Å². The second-order valence-corrected chi connectivity index (χ2v) is 4.76. The minimum absolute atomic E-state index is 0. The maximum atomic E-state index is 12.8. The largest absolute Gasteiger partial charge is 1.00 e. The van der Waals surface area contributed by atoms with Crippen molar-refractivity contribution in [1.82, 2.24) is 0 Å². The molecule has 0 heterocycles. The number of hydrogen-bond acceptors (Lipinski definition) is 5. The number of hydrogen-bond donors (Lipinski definition) is 0. The Morgan fingerprint density at radius 3 is 2.05 bits per heavy atom. The zero-order chi connectivity index (χ0) is 14.8. The molecular weight excluding hydrogens is 291 g/mol. The summed E-state index contributed by atoms with van der Waals surface area (Å²) in [5.41, 5.74) is -0.151. The Kier molecular flexibility index (Phi) is 7.36. The summed E-state index contributed by atoms with van der Waals surface area (Å²) in [7, 11) is -6.52. The van der Waals surface area contributed by atoms with Crippen LogP contribution in [-0.2, 0) is 19.6 Å². The van der Waals surface area contributed by atoms with Crippen molar-refractivity contribution < 1.29 is 58.9 Å². The molecule has 5 nitrogen and oxygen atoms in total. The predicted molar refractivity (Wildman–Crippen MR) is 50.0 cm³/mol. The van der Waals surface area contributed by atoms with Gasteiger partial charge in [0.2, 0.25) is 0 Å². The van der Waals surface area contributed by atoms with Crippen molar-refractivity contribution in [3.8, 4) is 0 Å². The van der Waals surface area contributed by atoms with E-state index in [1.54, 1.807) is 0 Å². The molecule has 19 heavy (non-hydrogen) atoms. The van der Waals surface area contributed by atoms with Crippen LogP contribution in [0.1, 0.15) is 13.3 Å². The molecule has 0 amide bonds. The smallest absolute Gasteiger partial charge is 0.743 e. The van der Waals surface area contributed by atoms with Crippen LogP contribution in [0.2, 0.25) is 0 Å². The molecule has 106 valence electrons. The Morgan fingerprint density at radius 1 is 1.32 bits per heavy atom. The Hall–Kier alpha value is -0.563. The van der Waals surface area contributed by atoms with E-state index in [0.29, 0.717) is 0 Å².